The zero-order valence-corrected chi connectivity index (χ0v) is 26.2. The van der Waals surface area contributed by atoms with Crippen LogP contribution in [-0.2, 0) is 35.7 Å². The number of anilines is 1. The summed E-state index contributed by atoms with van der Waals surface area (Å²) in [5, 5.41) is 6.14. The minimum Gasteiger partial charge on any atom is -0.490 e. The molecule has 0 radical (unpaired) electrons. The van der Waals surface area contributed by atoms with Crippen molar-refractivity contribution in [3.05, 3.63) is 71.0 Å². The van der Waals surface area contributed by atoms with E-state index < -0.39 is 33.5 Å². The number of pyridine rings is 1. The van der Waals surface area contributed by atoms with Crippen LogP contribution in [0, 0.1) is 5.92 Å². The summed E-state index contributed by atoms with van der Waals surface area (Å²) in [6.07, 6.45) is 1.34. The van der Waals surface area contributed by atoms with Gasteiger partial charge in [0.05, 0.1) is 23.7 Å². The minimum atomic E-state index is -4.92. The maximum absolute atomic E-state index is 13.2. The Labute approximate surface area is 271 Å². The summed E-state index contributed by atoms with van der Waals surface area (Å²) < 4.78 is 41.0. The van der Waals surface area contributed by atoms with Gasteiger partial charge in [0.15, 0.2) is 23.2 Å². The Hall–Kier alpha value is -4.10. The molecule has 4 rings (SSSR count). The fourth-order valence-corrected chi connectivity index (χ4v) is 5.07. The van der Waals surface area contributed by atoms with E-state index in [1.54, 1.807) is 30.5 Å². The number of ketones is 1. The number of benzene rings is 1. The van der Waals surface area contributed by atoms with E-state index in [9.17, 15) is 18.0 Å². The molecule has 1 amide bonds. The fourth-order valence-electron chi connectivity index (χ4n) is 4.06. The van der Waals surface area contributed by atoms with Crippen LogP contribution in [0.25, 0.3) is 0 Å². The highest BCUT2D eigenvalue weighted by Crippen LogP contribution is 2.40. The molecule has 0 saturated carbocycles. The van der Waals surface area contributed by atoms with E-state index in [-0.39, 0.29) is 57.1 Å². The summed E-state index contributed by atoms with van der Waals surface area (Å²) in [4.78, 5) is 43.6. The van der Waals surface area contributed by atoms with Gasteiger partial charge in [-0.15, -0.1) is 15.6 Å². The number of β-lactam (4-membered cyclic amide) rings is 1. The molecule has 45 heavy (non-hydrogen) atoms. The quantitative estimate of drug-likeness (QED) is 0.0558. The summed E-state index contributed by atoms with van der Waals surface area (Å²) in [6, 6.07) is 12.5. The van der Waals surface area contributed by atoms with Crippen LogP contribution in [0.2, 0.25) is 0 Å². The summed E-state index contributed by atoms with van der Waals surface area (Å²) >= 11 is 1.08. The maximum atomic E-state index is 13.2. The van der Waals surface area contributed by atoms with Crippen molar-refractivity contribution in [2.45, 2.75) is 39.8 Å². The number of aliphatic imine (C=N–C) groups is 1. The minimum absolute atomic E-state index is 0. The summed E-state index contributed by atoms with van der Waals surface area (Å²) in [5.41, 5.74) is 12.1. The molecule has 244 valence electrons. The predicted octanol–water partition coefficient (Wildman–Crippen LogP) is 2.51. The first-order valence-electron chi connectivity index (χ1n) is 12.7. The Morgan fingerprint density at radius 1 is 1.18 bits per heavy atom. The van der Waals surface area contributed by atoms with E-state index in [1.807, 2.05) is 18.2 Å². The molecule has 15 nitrogen and oxygen atoms in total. The highest BCUT2D eigenvalue weighted by Gasteiger charge is 2.57. The molecule has 3 aromatic rings. The van der Waals surface area contributed by atoms with Crippen LogP contribution in [-0.4, -0.2) is 70.0 Å². The Morgan fingerprint density at radius 2 is 1.89 bits per heavy atom. The lowest BCUT2D eigenvalue weighted by molar-refractivity contribution is -0.228. The smallest absolute Gasteiger partial charge is 0.418 e. The predicted molar refractivity (Wildman–Crippen MR) is 173 cm³/mol. The first-order valence-corrected chi connectivity index (χ1v) is 15.0. The number of hydroxylamine groups is 2. The normalized spacial score (nSPS) is 16.2. The zero-order chi connectivity index (χ0) is 31.2. The van der Waals surface area contributed by atoms with Gasteiger partial charge in [0.25, 0.3) is 5.91 Å². The maximum Gasteiger partial charge on any atom is 0.418 e. The van der Waals surface area contributed by atoms with Crippen molar-refractivity contribution >= 4 is 63.6 Å². The van der Waals surface area contributed by atoms with Crippen LogP contribution in [0.5, 0.6) is 5.75 Å². The number of amidine groups is 1. The standard InChI is InChI=1S/C26H29N7O8S2.CH4.H2S/c1-26(2)19(24(35)33(26)41-43(36,37)38)13-21(34)22(20-15-42-25(28)31-20)32-40-12-11-39-18-8-6-16(7-9-18)23(27)30-14-17-5-3-4-10-29-17;;/h3-10,15,19H,11-14H2,1-2H3,(H2,27,30)(H2,28,31)(H,36,37,38);1H4;1H2/b32-22-;;. The fraction of sp³-hybridized carbons (Fsp3) is 0.333. The molecular weight excluding hydrogens is 647 g/mol. The van der Waals surface area contributed by atoms with Crippen molar-refractivity contribution in [2.24, 2.45) is 21.8 Å². The lowest BCUT2D eigenvalue weighted by atomic mass is 9.74. The number of carbonyl (C=O) groups is 2. The van der Waals surface area contributed by atoms with Crippen LogP contribution >= 0.6 is 24.8 Å². The molecule has 1 unspecified atom stereocenters. The zero-order valence-electron chi connectivity index (χ0n) is 23.6. The number of nitrogens with zero attached hydrogens (tertiary/aromatic N) is 5. The molecule has 3 heterocycles. The Morgan fingerprint density at radius 3 is 2.47 bits per heavy atom. The Balaban J connectivity index is 0.00000353. The van der Waals surface area contributed by atoms with Crippen LogP contribution in [0.1, 0.15) is 44.6 Å². The number of carbonyl (C=O) groups excluding carboxylic acids is 2. The van der Waals surface area contributed by atoms with E-state index in [0.717, 1.165) is 22.6 Å². The van der Waals surface area contributed by atoms with Crippen molar-refractivity contribution in [1.29, 1.82) is 0 Å². The Bertz CT molecular complexity index is 1630. The number of aromatic nitrogens is 2. The first-order chi connectivity index (χ1) is 20.3. The molecule has 1 aromatic carbocycles. The summed E-state index contributed by atoms with van der Waals surface area (Å²) in [5.74, 6) is -1.44. The van der Waals surface area contributed by atoms with E-state index in [2.05, 4.69) is 24.4 Å². The van der Waals surface area contributed by atoms with Gasteiger partial charge in [-0.05, 0) is 50.2 Å². The molecule has 1 aliphatic heterocycles. The van der Waals surface area contributed by atoms with Gasteiger partial charge in [0, 0.05) is 23.6 Å². The lowest BCUT2D eigenvalue weighted by Gasteiger charge is -2.50. The number of rotatable bonds is 14. The molecule has 2 aromatic heterocycles. The van der Waals surface area contributed by atoms with Gasteiger partial charge in [-0.1, -0.05) is 18.6 Å². The highest BCUT2D eigenvalue weighted by atomic mass is 32.3. The molecule has 1 atom stereocenters. The van der Waals surface area contributed by atoms with E-state index in [0.29, 0.717) is 23.2 Å². The second-order valence-corrected chi connectivity index (χ2v) is 11.6. The molecule has 18 heteroatoms. The number of oxime groups is 1. The number of hydrogen-bond acceptors (Lipinski definition) is 13. The SMILES string of the molecule is C.CC1(C)C(CC(=O)/C(=N\OCCOc2ccc(C(N)=NCc3ccccn3)cc2)c2csc(N)n2)C(=O)N1OS(=O)(=O)O.S. The average Bonchev–Trinajstić information content (AvgIpc) is 3.40. The monoisotopic (exact) mass is 681 g/mol. The van der Waals surface area contributed by atoms with E-state index in [1.165, 1.54) is 19.2 Å². The number of ether oxygens (including phenoxy) is 1. The van der Waals surface area contributed by atoms with Crippen LogP contribution < -0.4 is 16.2 Å². The first kappa shape index (κ1) is 37.1. The average molecular weight is 682 g/mol. The van der Waals surface area contributed by atoms with Crippen molar-refractivity contribution < 1.29 is 36.4 Å². The highest BCUT2D eigenvalue weighted by molar-refractivity contribution is 7.80. The number of amides is 1. The molecular formula is C27H35N7O8S3. The molecule has 1 saturated heterocycles. The third-order valence-corrected chi connectivity index (χ3v) is 7.36. The second kappa shape index (κ2) is 15.8. The lowest BCUT2D eigenvalue weighted by Crippen LogP contribution is -2.68. The topological polar surface area (TPSA) is 222 Å². The van der Waals surface area contributed by atoms with E-state index >= 15 is 0 Å². The van der Waals surface area contributed by atoms with Gasteiger partial charge in [-0.25, -0.2) is 4.98 Å². The molecule has 5 N–H and O–H groups in total. The number of thiazole rings is 1. The molecule has 1 aliphatic rings. The van der Waals surface area contributed by atoms with Gasteiger partial charge >= 0.3 is 10.4 Å². The van der Waals surface area contributed by atoms with Crippen LogP contribution in [0.15, 0.2) is 64.2 Å². The summed E-state index contributed by atoms with van der Waals surface area (Å²) in [7, 11) is -4.92. The third kappa shape index (κ3) is 9.69. The van der Waals surface area contributed by atoms with Crippen LogP contribution in [0.3, 0.4) is 0 Å². The number of nitrogen functional groups attached to an aromatic ring is 1. The third-order valence-electron chi connectivity index (χ3n) is 6.35. The van der Waals surface area contributed by atoms with Gasteiger partial charge in [0.2, 0.25) is 0 Å². The molecule has 0 spiro atoms. The van der Waals surface area contributed by atoms with Gasteiger partial charge < -0.3 is 21.0 Å². The molecule has 0 aliphatic carbocycles. The number of hydrogen-bond donors (Lipinski definition) is 3. The summed E-state index contributed by atoms with van der Waals surface area (Å²) in [6.45, 7) is 3.38. The van der Waals surface area contributed by atoms with Gasteiger partial charge in [0.1, 0.15) is 23.9 Å². The van der Waals surface area contributed by atoms with Gasteiger partial charge in [-0.3, -0.25) is 24.1 Å². The van der Waals surface area contributed by atoms with E-state index in [4.69, 9.17) is 25.6 Å². The second-order valence-electron chi connectivity index (χ2n) is 9.71. The van der Waals surface area contributed by atoms with Crippen molar-refractivity contribution in [2.75, 3.05) is 18.9 Å². The molecule has 0 bridgehead atoms. The molecule has 1 fully saturated rings. The van der Waals surface area contributed by atoms with Crippen molar-refractivity contribution in [1.82, 2.24) is 15.0 Å². The number of nitrogens with two attached hydrogens (primary N) is 2. The Kier molecular flexibility index (Phi) is 13.0. The van der Waals surface area contributed by atoms with Crippen molar-refractivity contribution in [3.8, 4) is 5.75 Å². The van der Waals surface area contributed by atoms with Crippen molar-refractivity contribution in [3.63, 3.8) is 0 Å². The van der Waals surface area contributed by atoms with Crippen LogP contribution in [0.4, 0.5) is 5.13 Å². The largest absolute Gasteiger partial charge is 0.490 e. The van der Waals surface area contributed by atoms with Gasteiger partial charge in [-0.2, -0.15) is 27.0 Å². The number of Topliss-reactive ketones (excluding diaryl/α,β-unsaturated/α-hetero) is 1.